The predicted octanol–water partition coefficient (Wildman–Crippen LogP) is 1.33. The lowest BCUT2D eigenvalue weighted by Crippen LogP contribution is -2.58. The van der Waals surface area contributed by atoms with Gasteiger partial charge in [0, 0.05) is 25.0 Å². The Morgan fingerprint density at radius 3 is 2.03 bits per heavy atom. The fourth-order valence-electron chi connectivity index (χ4n) is 3.81. The normalized spacial score (nSPS) is 23.3. The minimum Gasteiger partial charge on any atom is -0.504 e. The molecule has 12 nitrogen and oxygen atoms in total. The van der Waals surface area contributed by atoms with Crippen molar-refractivity contribution < 1.29 is 59.2 Å². The number of ether oxygens (including phenoxy) is 3. The van der Waals surface area contributed by atoms with Crippen LogP contribution in [0.2, 0.25) is 0 Å². The molecule has 0 aromatic heterocycles. The number of phenolic OH excluding ortho intramolecular Hbond substituents is 3. The quantitative estimate of drug-likeness (QED) is 0.163. The molecule has 3 rings (SSSR count). The second-order valence-corrected chi connectivity index (χ2v) is 8.54. The van der Waals surface area contributed by atoms with Gasteiger partial charge in [-0.3, -0.25) is 0 Å². The van der Waals surface area contributed by atoms with E-state index in [1.807, 2.05) is 0 Å². The Hall–Kier alpha value is -4.55. The highest BCUT2D eigenvalue weighted by molar-refractivity contribution is 5.88. The number of hydrogen-bond acceptors (Lipinski definition) is 11. The van der Waals surface area contributed by atoms with Crippen LogP contribution in [0.15, 0.2) is 48.6 Å². The van der Waals surface area contributed by atoms with Gasteiger partial charge in [-0.2, -0.15) is 0 Å². The van der Waals surface area contributed by atoms with Crippen LogP contribution in [-0.2, 0) is 23.9 Å². The maximum absolute atomic E-state index is 12.5. The fraction of sp³-hybridized carbons (Fsp3) is 0.269. The molecule has 1 fully saturated rings. The van der Waals surface area contributed by atoms with Crippen molar-refractivity contribution in [2.75, 3.05) is 7.11 Å². The summed E-state index contributed by atoms with van der Waals surface area (Å²) in [6.45, 7) is 0. The Morgan fingerprint density at radius 1 is 0.868 bits per heavy atom. The van der Waals surface area contributed by atoms with E-state index < -0.39 is 60.4 Å². The Balaban J connectivity index is 1.76. The van der Waals surface area contributed by atoms with Crippen molar-refractivity contribution >= 4 is 30.1 Å². The monoisotopic (exact) mass is 530 g/mol. The van der Waals surface area contributed by atoms with Crippen molar-refractivity contribution in [3.63, 3.8) is 0 Å². The zero-order chi connectivity index (χ0) is 28.0. The number of benzene rings is 2. The van der Waals surface area contributed by atoms with Gasteiger partial charge in [0.2, 0.25) is 0 Å². The van der Waals surface area contributed by atoms with Crippen LogP contribution >= 0.6 is 0 Å². The number of aliphatic hydroxyl groups excluding tert-OH is 1. The molecular formula is C26H26O12. The molecule has 2 aromatic carbocycles. The van der Waals surface area contributed by atoms with Gasteiger partial charge in [-0.1, -0.05) is 12.1 Å². The van der Waals surface area contributed by atoms with Gasteiger partial charge in [0.1, 0.15) is 6.10 Å². The van der Waals surface area contributed by atoms with E-state index in [2.05, 4.69) is 0 Å². The zero-order valence-corrected chi connectivity index (χ0v) is 20.1. The number of carboxylic acids is 1. The highest BCUT2D eigenvalue weighted by atomic mass is 16.6. The van der Waals surface area contributed by atoms with Crippen LogP contribution in [-0.4, -0.2) is 79.6 Å². The summed E-state index contributed by atoms with van der Waals surface area (Å²) in [5, 5.41) is 58.9. The third-order valence-electron chi connectivity index (χ3n) is 5.78. The first-order valence-corrected chi connectivity index (χ1v) is 11.2. The summed E-state index contributed by atoms with van der Waals surface area (Å²) in [6, 6.07) is 8.06. The summed E-state index contributed by atoms with van der Waals surface area (Å²) in [4.78, 5) is 36.5. The first kappa shape index (κ1) is 28.0. The van der Waals surface area contributed by atoms with Crippen LogP contribution in [0.3, 0.4) is 0 Å². The van der Waals surface area contributed by atoms with E-state index >= 15 is 0 Å². The van der Waals surface area contributed by atoms with Gasteiger partial charge in [0.05, 0.1) is 13.2 Å². The minimum absolute atomic E-state index is 0.114. The molecule has 0 saturated heterocycles. The van der Waals surface area contributed by atoms with E-state index in [-0.39, 0.29) is 17.2 Å². The van der Waals surface area contributed by atoms with Crippen molar-refractivity contribution in [1.29, 1.82) is 0 Å². The Bertz CT molecular complexity index is 1270. The molecule has 0 heterocycles. The summed E-state index contributed by atoms with van der Waals surface area (Å²) in [5.74, 6) is -4.36. The van der Waals surface area contributed by atoms with Crippen molar-refractivity contribution in [3.8, 4) is 23.0 Å². The van der Waals surface area contributed by atoms with Crippen molar-refractivity contribution in [2.45, 2.75) is 36.8 Å². The standard InChI is InChI=1S/C26H26O12/c1-36-20-11-15(3-7-17(20)28)5-8-22(31)37-21-13-26(35,25(33)34)12-19(30)24(21)38-23(32)9-4-14-2-6-16(27)18(29)10-14/h2-11,19,21,24,27-30,35H,12-13H2,1H3,(H,33,34). The third kappa shape index (κ3) is 6.81. The van der Waals surface area contributed by atoms with Gasteiger partial charge in [0.15, 0.2) is 34.7 Å². The van der Waals surface area contributed by atoms with Crippen LogP contribution in [0, 0.1) is 0 Å². The van der Waals surface area contributed by atoms with Gasteiger partial charge in [0.25, 0.3) is 0 Å². The van der Waals surface area contributed by atoms with Crippen molar-refractivity contribution in [3.05, 3.63) is 59.7 Å². The first-order chi connectivity index (χ1) is 17.9. The number of phenols is 3. The fourth-order valence-corrected chi connectivity index (χ4v) is 3.81. The molecule has 0 bridgehead atoms. The molecule has 12 heteroatoms. The third-order valence-corrected chi connectivity index (χ3v) is 5.78. The summed E-state index contributed by atoms with van der Waals surface area (Å²) in [6.07, 6.45) is -1.57. The van der Waals surface area contributed by atoms with Gasteiger partial charge in [-0.25, -0.2) is 14.4 Å². The highest BCUT2D eigenvalue weighted by Gasteiger charge is 2.52. The number of methoxy groups -OCH3 is 1. The molecule has 2 aromatic rings. The van der Waals surface area contributed by atoms with Crippen molar-refractivity contribution in [2.24, 2.45) is 0 Å². The van der Waals surface area contributed by atoms with E-state index in [0.29, 0.717) is 11.1 Å². The van der Waals surface area contributed by atoms with E-state index in [4.69, 9.17) is 14.2 Å². The van der Waals surface area contributed by atoms with Crippen LogP contribution in [0.5, 0.6) is 23.0 Å². The summed E-state index contributed by atoms with van der Waals surface area (Å²) >= 11 is 0. The Morgan fingerprint density at radius 2 is 1.45 bits per heavy atom. The molecule has 202 valence electrons. The number of carboxylic acid groups (broad SMARTS) is 1. The van der Waals surface area contributed by atoms with Crippen LogP contribution in [0.1, 0.15) is 24.0 Å². The number of aliphatic hydroxyl groups is 2. The maximum atomic E-state index is 12.5. The Labute approximate surface area is 216 Å². The van der Waals surface area contributed by atoms with E-state index in [1.54, 1.807) is 0 Å². The molecule has 1 saturated carbocycles. The lowest BCUT2D eigenvalue weighted by molar-refractivity contribution is -0.204. The van der Waals surface area contributed by atoms with Gasteiger partial charge >= 0.3 is 17.9 Å². The molecule has 0 radical (unpaired) electrons. The van der Waals surface area contributed by atoms with Gasteiger partial charge in [-0.15, -0.1) is 0 Å². The number of carbonyl (C=O) groups excluding carboxylic acids is 2. The molecule has 6 N–H and O–H groups in total. The second kappa shape index (κ2) is 11.7. The number of aliphatic carboxylic acids is 1. The van der Waals surface area contributed by atoms with Crippen molar-refractivity contribution in [1.82, 2.24) is 0 Å². The molecular weight excluding hydrogens is 504 g/mol. The number of hydrogen-bond donors (Lipinski definition) is 6. The number of esters is 2. The Kier molecular flexibility index (Phi) is 8.61. The number of aromatic hydroxyl groups is 3. The summed E-state index contributed by atoms with van der Waals surface area (Å²) < 4.78 is 15.5. The molecule has 1 aliphatic carbocycles. The molecule has 0 aliphatic heterocycles. The lowest BCUT2D eigenvalue weighted by Gasteiger charge is -2.40. The largest absolute Gasteiger partial charge is 0.504 e. The number of rotatable bonds is 8. The minimum atomic E-state index is -2.44. The molecule has 0 amide bonds. The molecule has 4 unspecified atom stereocenters. The second-order valence-electron chi connectivity index (χ2n) is 8.54. The van der Waals surface area contributed by atoms with E-state index in [9.17, 15) is 45.0 Å². The topological polar surface area (TPSA) is 200 Å². The smallest absolute Gasteiger partial charge is 0.335 e. The van der Waals surface area contributed by atoms with Gasteiger partial charge in [-0.05, 0) is 47.5 Å². The first-order valence-electron chi connectivity index (χ1n) is 11.2. The molecule has 0 spiro atoms. The summed E-state index contributed by atoms with van der Waals surface area (Å²) in [5.41, 5.74) is -1.66. The highest BCUT2D eigenvalue weighted by Crippen LogP contribution is 2.33. The van der Waals surface area contributed by atoms with Crippen LogP contribution < -0.4 is 4.74 Å². The maximum Gasteiger partial charge on any atom is 0.335 e. The zero-order valence-electron chi connectivity index (χ0n) is 20.1. The lowest BCUT2D eigenvalue weighted by atomic mass is 9.79. The molecule has 1 aliphatic rings. The van der Waals surface area contributed by atoms with Gasteiger partial charge < -0.3 is 44.8 Å². The van der Waals surface area contributed by atoms with Crippen LogP contribution in [0.25, 0.3) is 12.2 Å². The van der Waals surface area contributed by atoms with Crippen LogP contribution in [0.4, 0.5) is 0 Å². The van der Waals surface area contributed by atoms with E-state index in [1.165, 1.54) is 55.7 Å². The average Bonchev–Trinajstić information content (AvgIpc) is 2.86. The SMILES string of the molecule is COc1cc(C=CC(=O)OC2CC(O)(C(=O)O)CC(O)C2OC(=O)C=Cc2ccc(O)c(O)c2)ccc1O. The summed E-state index contributed by atoms with van der Waals surface area (Å²) in [7, 11) is 1.35. The molecule has 38 heavy (non-hydrogen) atoms. The average molecular weight is 530 g/mol. The predicted molar refractivity (Wildman–Crippen MR) is 130 cm³/mol. The number of carbonyl (C=O) groups is 3. The van der Waals surface area contributed by atoms with E-state index in [0.717, 1.165) is 12.2 Å². The molecule has 4 atom stereocenters.